The topological polar surface area (TPSA) is 78.7 Å². The SMILES string of the molecule is O=c1oc2cc(-n3c4ccccc4c4cc(-c5ccccc5)ccc43)c(-n3c4ccccc4c4cc(-c5ccccc5)ccc43)cc2cc1-c1nc(-c2ccccc2)nc(-c2ccccc2)n1. The standard InChI is InChI=1S/C60H37N5O2/c66-60-49(59-62-57(40-21-9-3-10-22-40)61-58(63-59)41-23-11-4-12-24-41)35-44-36-54(64-50-27-15-13-25-45(50)47-33-42(29-31-52(47)64)38-17-5-1-6-18-38)55(37-56(44)67-60)65-51-28-16-14-26-46(51)48-34-43(30-32-53(48)65)39-19-7-2-8-20-39/h1-37H. The first kappa shape index (κ1) is 38.3. The first-order chi connectivity index (χ1) is 33.1. The van der Waals surface area contributed by atoms with Gasteiger partial charge in [0.2, 0.25) is 0 Å². The second-order valence-electron chi connectivity index (χ2n) is 16.8. The van der Waals surface area contributed by atoms with Crippen LogP contribution in [0.5, 0.6) is 0 Å². The molecule has 7 nitrogen and oxygen atoms in total. The lowest BCUT2D eigenvalue weighted by molar-refractivity contribution is 0.562. The molecule has 67 heavy (non-hydrogen) atoms. The Morgan fingerprint density at radius 1 is 0.328 bits per heavy atom. The minimum Gasteiger partial charge on any atom is -0.422 e. The third-order valence-electron chi connectivity index (χ3n) is 12.8. The number of fused-ring (bicyclic) bond motifs is 7. The highest BCUT2D eigenvalue weighted by atomic mass is 16.4. The van der Waals surface area contributed by atoms with Gasteiger partial charge in [-0.1, -0.05) is 170 Å². The van der Waals surface area contributed by atoms with Crippen molar-refractivity contribution in [1.29, 1.82) is 0 Å². The van der Waals surface area contributed by atoms with Crippen LogP contribution in [0.2, 0.25) is 0 Å². The quantitative estimate of drug-likeness (QED) is 0.149. The van der Waals surface area contributed by atoms with Gasteiger partial charge in [-0.15, -0.1) is 0 Å². The van der Waals surface area contributed by atoms with Crippen molar-refractivity contribution in [2.75, 3.05) is 0 Å². The molecule has 314 valence electrons. The summed E-state index contributed by atoms with van der Waals surface area (Å²) < 4.78 is 11.1. The molecule has 7 heteroatoms. The van der Waals surface area contributed by atoms with Gasteiger partial charge in [-0.05, 0) is 70.8 Å². The van der Waals surface area contributed by atoms with Crippen LogP contribution in [-0.2, 0) is 0 Å². The minimum atomic E-state index is -0.546. The van der Waals surface area contributed by atoms with Crippen LogP contribution in [0.25, 0.3) is 122 Å². The van der Waals surface area contributed by atoms with Crippen LogP contribution in [0.3, 0.4) is 0 Å². The fourth-order valence-corrected chi connectivity index (χ4v) is 9.67. The lowest BCUT2D eigenvalue weighted by Crippen LogP contribution is -2.09. The average molecular weight is 860 g/mol. The first-order valence-corrected chi connectivity index (χ1v) is 22.3. The first-order valence-electron chi connectivity index (χ1n) is 22.3. The molecule has 0 aliphatic heterocycles. The van der Waals surface area contributed by atoms with Gasteiger partial charge in [0.1, 0.15) is 11.1 Å². The van der Waals surface area contributed by atoms with E-state index in [9.17, 15) is 4.79 Å². The van der Waals surface area contributed by atoms with Crippen molar-refractivity contribution in [3.63, 3.8) is 0 Å². The normalized spacial score (nSPS) is 11.6. The smallest absolute Gasteiger partial charge is 0.347 e. The number of hydrogen-bond donors (Lipinski definition) is 0. The molecule has 0 unspecified atom stereocenters. The van der Waals surface area contributed by atoms with Gasteiger partial charge >= 0.3 is 5.63 Å². The predicted molar refractivity (Wildman–Crippen MR) is 272 cm³/mol. The number of rotatable bonds is 7. The van der Waals surface area contributed by atoms with Gasteiger partial charge in [0, 0.05) is 44.1 Å². The number of nitrogens with zero attached hydrogens (tertiary/aromatic N) is 5. The fraction of sp³-hybridized carbons (Fsp3) is 0. The van der Waals surface area contributed by atoms with Crippen molar-refractivity contribution in [3.8, 4) is 67.8 Å². The van der Waals surface area contributed by atoms with Crippen LogP contribution in [0.4, 0.5) is 0 Å². The Labute approximate surface area is 384 Å². The van der Waals surface area contributed by atoms with E-state index in [-0.39, 0.29) is 11.4 Å². The average Bonchev–Trinajstić information content (AvgIpc) is 3.91. The molecule has 4 heterocycles. The van der Waals surface area contributed by atoms with Gasteiger partial charge in [-0.2, -0.15) is 0 Å². The van der Waals surface area contributed by atoms with E-state index in [1.165, 1.54) is 0 Å². The Morgan fingerprint density at radius 2 is 0.731 bits per heavy atom. The molecule has 9 aromatic carbocycles. The monoisotopic (exact) mass is 859 g/mol. The highest BCUT2D eigenvalue weighted by Gasteiger charge is 2.23. The number of benzene rings is 9. The Bertz CT molecular complexity index is 4050. The number of para-hydroxylation sites is 2. The third-order valence-corrected chi connectivity index (χ3v) is 12.8. The van der Waals surface area contributed by atoms with E-state index in [4.69, 9.17) is 19.4 Å². The van der Waals surface area contributed by atoms with E-state index in [0.717, 1.165) is 93.8 Å². The Kier molecular flexibility index (Phi) is 8.86. The molecule has 0 saturated carbocycles. The Hall–Kier alpha value is -9.20. The molecule has 13 aromatic rings. The molecule has 0 atom stereocenters. The van der Waals surface area contributed by atoms with Crippen molar-refractivity contribution in [2.45, 2.75) is 0 Å². The van der Waals surface area contributed by atoms with Crippen molar-refractivity contribution < 1.29 is 4.42 Å². The summed E-state index contributed by atoms with van der Waals surface area (Å²) in [7, 11) is 0. The van der Waals surface area contributed by atoms with Gasteiger partial charge in [0.25, 0.3) is 0 Å². The van der Waals surface area contributed by atoms with Gasteiger partial charge in [-0.3, -0.25) is 0 Å². The molecule has 0 fully saturated rings. The molecule has 0 N–H and O–H groups in total. The van der Waals surface area contributed by atoms with Crippen LogP contribution in [-0.4, -0.2) is 24.1 Å². The molecule has 13 rings (SSSR count). The highest BCUT2D eigenvalue weighted by molar-refractivity contribution is 6.13. The fourth-order valence-electron chi connectivity index (χ4n) is 9.67. The second-order valence-corrected chi connectivity index (χ2v) is 16.8. The van der Waals surface area contributed by atoms with Gasteiger partial charge in [0.05, 0.1) is 33.4 Å². The van der Waals surface area contributed by atoms with Crippen LogP contribution >= 0.6 is 0 Å². The van der Waals surface area contributed by atoms with E-state index in [0.29, 0.717) is 17.2 Å². The molecule has 0 aliphatic carbocycles. The molecule has 0 saturated heterocycles. The second kappa shape index (κ2) is 15.5. The van der Waals surface area contributed by atoms with Crippen molar-refractivity contribution >= 4 is 54.6 Å². The summed E-state index contributed by atoms with van der Waals surface area (Å²) in [4.78, 5) is 29.2. The third kappa shape index (κ3) is 6.44. The maximum absolute atomic E-state index is 14.5. The molecule has 4 aromatic heterocycles. The Morgan fingerprint density at radius 3 is 1.22 bits per heavy atom. The summed E-state index contributed by atoms with van der Waals surface area (Å²) in [5.41, 5.74) is 12.2. The molecule has 0 aliphatic rings. The molecular formula is C60H37N5O2. The predicted octanol–water partition coefficient (Wildman–Crippen LogP) is 14.5. The van der Waals surface area contributed by atoms with Crippen molar-refractivity contribution in [2.24, 2.45) is 0 Å². The summed E-state index contributed by atoms with van der Waals surface area (Å²) in [6, 6.07) is 77.0. The van der Waals surface area contributed by atoms with Crippen LogP contribution in [0.1, 0.15) is 0 Å². The zero-order chi connectivity index (χ0) is 44.4. The zero-order valence-electron chi connectivity index (χ0n) is 35.9. The van der Waals surface area contributed by atoms with Crippen LogP contribution in [0, 0.1) is 0 Å². The maximum Gasteiger partial charge on any atom is 0.347 e. The highest BCUT2D eigenvalue weighted by Crippen LogP contribution is 2.42. The van der Waals surface area contributed by atoms with E-state index in [1.54, 1.807) is 0 Å². The van der Waals surface area contributed by atoms with Crippen molar-refractivity contribution in [3.05, 3.63) is 235 Å². The van der Waals surface area contributed by atoms with Gasteiger partial charge in [0.15, 0.2) is 17.5 Å². The molecule has 0 bridgehead atoms. The summed E-state index contributed by atoms with van der Waals surface area (Å²) >= 11 is 0. The lowest BCUT2D eigenvalue weighted by atomic mass is 10.0. The number of aromatic nitrogens is 5. The van der Waals surface area contributed by atoms with Crippen molar-refractivity contribution in [1.82, 2.24) is 24.1 Å². The zero-order valence-corrected chi connectivity index (χ0v) is 35.9. The van der Waals surface area contributed by atoms with E-state index in [1.807, 2.05) is 84.9 Å². The summed E-state index contributed by atoms with van der Waals surface area (Å²) in [6.07, 6.45) is 0. The maximum atomic E-state index is 14.5. The summed E-state index contributed by atoms with van der Waals surface area (Å²) in [5.74, 6) is 1.15. The van der Waals surface area contributed by atoms with Crippen LogP contribution in [0.15, 0.2) is 234 Å². The van der Waals surface area contributed by atoms with Crippen LogP contribution < -0.4 is 5.63 Å². The van der Waals surface area contributed by atoms with E-state index >= 15 is 0 Å². The van der Waals surface area contributed by atoms with E-state index in [2.05, 4.69) is 149 Å². The minimum absolute atomic E-state index is 0.232. The van der Waals surface area contributed by atoms with E-state index < -0.39 is 5.63 Å². The van der Waals surface area contributed by atoms with Gasteiger partial charge in [-0.25, -0.2) is 19.7 Å². The van der Waals surface area contributed by atoms with Gasteiger partial charge < -0.3 is 13.6 Å². The largest absolute Gasteiger partial charge is 0.422 e. The molecule has 0 spiro atoms. The molecule has 0 radical (unpaired) electrons. The summed E-state index contributed by atoms with van der Waals surface area (Å²) in [6.45, 7) is 0. The molecule has 0 amide bonds. The Balaban J connectivity index is 1.10. The molecular weight excluding hydrogens is 823 g/mol. The lowest BCUT2D eigenvalue weighted by Gasteiger charge is -2.18. The number of hydrogen-bond acceptors (Lipinski definition) is 5. The summed E-state index contributed by atoms with van der Waals surface area (Å²) in [5, 5.41) is 5.21.